The molecule has 0 aliphatic heterocycles. The molecule has 0 aliphatic rings. The predicted octanol–water partition coefficient (Wildman–Crippen LogP) is 5.10. The van der Waals surface area contributed by atoms with Crippen LogP contribution in [0.3, 0.4) is 0 Å². The first-order chi connectivity index (χ1) is 10.2. The van der Waals surface area contributed by atoms with Crippen molar-refractivity contribution in [3.63, 3.8) is 0 Å². The second kappa shape index (κ2) is 16.6. The molecular weight excluding hydrogens is 368 g/mol. The molecule has 25 heavy (non-hydrogen) atoms. The Hall–Kier alpha value is 0.394. The molecule has 0 atom stereocenters. The summed E-state index contributed by atoms with van der Waals surface area (Å²) in [5.74, 6) is 0. The molecule has 0 radical (unpaired) electrons. The SMILES string of the molecule is CC(C)(C)OO.CC(C)(C)OO.CC(C)(C)OO.CC(C)(C)OO.[Ti]. The first-order valence-electron chi connectivity index (χ1n) is 7.55. The molecule has 8 nitrogen and oxygen atoms in total. The van der Waals surface area contributed by atoms with Crippen molar-refractivity contribution in [1.82, 2.24) is 0 Å². The van der Waals surface area contributed by atoms with Crippen LogP contribution in [0.5, 0.6) is 0 Å². The van der Waals surface area contributed by atoms with Gasteiger partial charge in [0.25, 0.3) is 0 Å². The van der Waals surface area contributed by atoms with Gasteiger partial charge in [0.2, 0.25) is 0 Å². The van der Waals surface area contributed by atoms with Crippen LogP contribution in [0.1, 0.15) is 83.1 Å². The van der Waals surface area contributed by atoms with E-state index >= 15 is 0 Å². The van der Waals surface area contributed by atoms with Crippen LogP contribution in [0, 0.1) is 0 Å². The minimum Gasteiger partial charge on any atom is -0.251 e. The average Bonchev–Trinajstić information content (AvgIpc) is 2.37. The molecule has 0 fully saturated rings. The number of hydrogen-bond acceptors (Lipinski definition) is 8. The Labute approximate surface area is 168 Å². The fraction of sp³-hybridized carbons (Fsp3) is 1.00. The fourth-order valence-electron chi connectivity index (χ4n) is 0. The van der Waals surface area contributed by atoms with E-state index in [1.807, 2.05) is 0 Å². The van der Waals surface area contributed by atoms with Gasteiger partial charge in [-0.25, -0.2) is 19.6 Å². The van der Waals surface area contributed by atoms with Crippen LogP contribution in [0.25, 0.3) is 0 Å². The van der Waals surface area contributed by atoms with E-state index in [9.17, 15) is 0 Å². The largest absolute Gasteiger partial charge is 0.251 e. The van der Waals surface area contributed by atoms with E-state index in [0.717, 1.165) is 0 Å². The summed E-state index contributed by atoms with van der Waals surface area (Å²) >= 11 is 0. The van der Waals surface area contributed by atoms with E-state index in [1.165, 1.54) is 0 Å². The molecule has 0 rings (SSSR count). The normalized spacial score (nSPS) is 11.5. The van der Waals surface area contributed by atoms with E-state index in [0.29, 0.717) is 0 Å². The van der Waals surface area contributed by atoms with E-state index < -0.39 is 22.4 Å². The molecule has 0 aromatic heterocycles. The quantitative estimate of drug-likeness (QED) is 0.249. The monoisotopic (exact) mass is 408 g/mol. The third kappa shape index (κ3) is 79.6. The summed E-state index contributed by atoms with van der Waals surface area (Å²) < 4.78 is 0. The van der Waals surface area contributed by atoms with Gasteiger partial charge < -0.3 is 0 Å². The van der Waals surface area contributed by atoms with Gasteiger partial charge in [-0.15, -0.1) is 0 Å². The molecule has 0 heterocycles. The fourth-order valence-corrected chi connectivity index (χ4v) is 0. The molecule has 0 unspecified atom stereocenters. The molecule has 0 aliphatic carbocycles. The molecule has 4 N–H and O–H groups in total. The van der Waals surface area contributed by atoms with Crippen LogP contribution in [0.15, 0.2) is 0 Å². The van der Waals surface area contributed by atoms with Crippen molar-refractivity contribution in [3.8, 4) is 0 Å². The van der Waals surface area contributed by atoms with Crippen LogP contribution >= 0.6 is 0 Å². The molecule has 0 saturated heterocycles. The number of hydrogen-bond donors (Lipinski definition) is 4. The summed E-state index contributed by atoms with van der Waals surface area (Å²) in [5.41, 5.74) is -1.61. The smallest absolute Gasteiger partial charge is 0.0949 e. The van der Waals surface area contributed by atoms with Crippen molar-refractivity contribution in [2.75, 3.05) is 0 Å². The second-order valence-corrected chi connectivity index (χ2v) is 8.81. The minimum absolute atomic E-state index is 0. The van der Waals surface area contributed by atoms with Crippen molar-refractivity contribution in [3.05, 3.63) is 0 Å². The van der Waals surface area contributed by atoms with E-state index in [4.69, 9.17) is 21.0 Å². The van der Waals surface area contributed by atoms with E-state index in [2.05, 4.69) is 19.6 Å². The van der Waals surface area contributed by atoms with Crippen LogP contribution in [0.4, 0.5) is 0 Å². The van der Waals surface area contributed by atoms with Gasteiger partial charge >= 0.3 is 0 Å². The first kappa shape index (κ1) is 36.3. The molecule has 9 heteroatoms. The van der Waals surface area contributed by atoms with Crippen molar-refractivity contribution < 1.29 is 62.3 Å². The summed E-state index contributed by atoms with van der Waals surface area (Å²) in [6.07, 6.45) is 0. The maximum atomic E-state index is 7.90. The second-order valence-electron chi connectivity index (χ2n) is 8.81. The maximum Gasteiger partial charge on any atom is 0.0949 e. The Kier molecular flexibility index (Phi) is 24.1. The van der Waals surface area contributed by atoms with Gasteiger partial charge in [0.05, 0.1) is 22.4 Å². The van der Waals surface area contributed by atoms with Gasteiger partial charge in [-0.3, -0.25) is 21.0 Å². The van der Waals surface area contributed by atoms with Gasteiger partial charge in [0, 0.05) is 21.7 Å². The molecule has 0 saturated carbocycles. The van der Waals surface area contributed by atoms with Crippen molar-refractivity contribution >= 4 is 0 Å². The van der Waals surface area contributed by atoms with E-state index in [1.54, 1.807) is 83.1 Å². The average molecular weight is 408 g/mol. The summed E-state index contributed by atoms with van der Waals surface area (Å²) in [7, 11) is 0. The Morgan fingerprint density at radius 2 is 0.400 bits per heavy atom. The van der Waals surface area contributed by atoms with Gasteiger partial charge in [-0.05, 0) is 83.1 Å². The molecule has 0 spiro atoms. The summed E-state index contributed by atoms with van der Waals surface area (Å²) in [4.78, 5) is 15.8. The topological polar surface area (TPSA) is 118 Å². The molecule has 0 aromatic carbocycles. The van der Waals surface area contributed by atoms with Gasteiger partial charge in [-0.1, -0.05) is 0 Å². The van der Waals surface area contributed by atoms with Crippen LogP contribution in [-0.4, -0.2) is 43.4 Å². The summed E-state index contributed by atoms with van der Waals surface area (Å²) in [6, 6.07) is 0. The zero-order valence-corrected chi connectivity index (χ0v) is 19.5. The Balaban J connectivity index is -0.0000000702. The van der Waals surface area contributed by atoms with Crippen molar-refractivity contribution in [2.24, 2.45) is 0 Å². The summed E-state index contributed by atoms with van der Waals surface area (Å²) in [5, 5.41) is 31.6. The van der Waals surface area contributed by atoms with Crippen molar-refractivity contribution in [2.45, 2.75) is 105 Å². The van der Waals surface area contributed by atoms with Crippen molar-refractivity contribution in [1.29, 1.82) is 0 Å². The number of rotatable bonds is 0. The minimum atomic E-state index is -0.403. The zero-order valence-electron chi connectivity index (χ0n) is 17.9. The Morgan fingerprint density at radius 1 is 0.360 bits per heavy atom. The summed E-state index contributed by atoms with van der Waals surface area (Å²) in [6.45, 7) is 21.2. The predicted molar refractivity (Wildman–Crippen MR) is 93.9 cm³/mol. The third-order valence-corrected chi connectivity index (χ3v) is 1.10. The van der Waals surface area contributed by atoms with E-state index in [-0.39, 0.29) is 21.7 Å². The van der Waals surface area contributed by atoms with Gasteiger partial charge in [-0.2, -0.15) is 0 Å². The first-order valence-corrected chi connectivity index (χ1v) is 7.55. The molecular formula is C16H40O8Ti. The Morgan fingerprint density at radius 3 is 0.400 bits per heavy atom. The molecule has 0 amide bonds. The molecule has 156 valence electrons. The van der Waals surface area contributed by atoms with Gasteiger partial charge in [0.15, 0.2) is 0 Å². The van der Waals surface area contributed by atoms with Gasteiger partial charge in [0.1, 0.15) is 0 Å². The third-order valence-electron chi connectivity index (χ3n) is 1.10. The van der Waals surface area contributed by atoms with Crippen LogP contribution in [0.2, 0.25) is 0 Å². The maximum absolute atomic E-state index is 7.90. The van der Waals surface area contributed by atoms with Crippen LogP contribution in [-0.2, 0) is 41.3 Å². The van der Waals surface area contributed by atoms with Crippen LogP contribution < -0.4 is 0 Å². The molecule has 0 bridgehead atoms. The zero-order chi connectivity index (χ0) is 20.8. The molecule has 0 aromatic rings. The Bertz CT molecular complexity index is 203. The standard InChI is InChI=1S/4C4H10O2.Ti/c4*1-4(2,3)6-5;/h4*5H,1-3H3;.